The van der Waals surface area contributed by atoms with E-state index in [1.807, 2.05) is 0 Å². The summed E-state index contributed by atoms with van der Waals surface area (Å²) in [6.45, 7) is 0. The first-order valence-corrected chi connectivity index (χ1v) is 8.12. The zero-order chi connectivity index (χ0) is 15.2. The van der Waals surface area contributed by atoms with Crippen molar-refractivity contribution in [3.63, 3.8) is 0 Å². The molecule has 22 heavy (non-hydrogen) atoms. The van der Waals surface area contributed by atoms with E-state index >= 15 is 0 Å². The lowest BCUT2D eigenvalue weighted by molar-refractivity contribution is 0.589. The highest BCUT2D eigenvalue weighted by Crippen LogP contribution is 2.26. The molecule has 0 heterocycles. The maximum absolute atomic E-state index is 6.44. The summed E-state index contributed by atoms with van der Waals surface area (Å²) in [7, 11) is 0. The maximum atomic E-state index is 6.44. The third-order valence-corrected chi connectivity index (χ3v) is 4.30. The second-order valence-electron chi connectivity index (χ2n) is 5.91. The number of fused-ring (bicyclic) bond motifs is 1. The van der Waals surface area contributed by atoms with Gasteiger partial charge in [0.1, 0.15) is 0 Å². The molecule has 0 amide bonds. The van der Waals surface area contributed by atoms with Gasteiger partial charge in [-0.05, 0) is 41.2 Å². The lowest BCUT2D eigenvalue weighted by atomic mass is 9.95. The second kappa shape index (κ2) is 7.24. The summed E-state index contributed by atoms with van der Waals surface area (Å²) in [5.41, 5.74) is 9.13. The van der Waals surface area contributed by atoms with Crippen molar-refractivity contribution in [2.24, 2.45) is 5.73 Å². The molecule has 0 aliphatic carbocycles. The summed E-state index contributed by atoms with van der Waals surface area (Å²) in [5, 5.41) is 2.57. The number of benzene rings is 3. The number of hydrogen-bond acceptors (Lipinski definition) is 1. The van der Waals surface area contributed by atoms with Gasteiger partial charge in [0, 0.05) is 6.04 Å². The van der Waals surface area contributed by atoms with Gasteiger partial charge in [-0.1, -0.05) is 79.2 Å². The Bertz CT molecular complexity index is 713. The van der Waals surface area contributed by atoms with Crippen LogP contribution in [0.3, 0.4) is 0 Å². The highest BCUT2D eigenvalue weighted by Gasteiger charge is 2.09. The molecule has 0 fully saturated rings. The van der Waals surface area contributed by atoms with E-state index in [-0.39, 0.29) is 6.04 Å². The monoisotopic (exact) mass is 289 g/mol. The molecule has 0 aromatic heterocycles. The van der Waals surface area contributed by atoms with Gasteiger partial charge < -0.3 is 5.73 Å². The predicted octanol–water partition coefficient (Wildman–Crippen LogP) is 5.25. The van der Waals surface area contributed by atoms with Crippen LogP contribution in [0.4, 0.5) is 0 Å². The van der Waals surface area contributed by atoms with Gasteiger partial charge in [-0.15, -0.1) is 0 Å². The van der Waals surface area contributed by atoms with Crippen LogP contribution in [0.25, 0.3) is 10.8 Å². The van der Waals surface area contributed by atoms with Crippen LogP contribution in [0, 0.1) is 0 Å². The Hall–Kier alpha value is -2.12. The Kier molecular flexibility index (Phi) is 4.87. The number of nitrogens with two attached hydrogens (primary N) is 1. The molecule has 3 rings (SSSR count). The van der Waals surface area contributed by atoms with Crippen LogP contribution in [0.2, 0.25) is 0 Å². The number of unbranched alkanes of at least 4 members (excludes halogenated alkanes) is 1. The topological polar surface area (TPSA) is 26.0 Å². The average Bonchev–Trinajstić information content (AvgIpc) is 2.59. The fourth-order valence-electron chi connectivity index (χ4n) is 3.07. The minimum Gasteiger partial charge on any atom is -0.324 e. The molecular formula is C21H23N. The van der Waals surface area contributed by atoms with E-state index in [1.165, 1.54) is 34.7 Å². The minimum absolute atomic E-state index is 0.127. The molecule has 3 aromatic rings. The number of rotatable bonds is 6. The largest absolute Gasteiger partial charge is 0.324 e. The van der Waals surface area contributed by atoms with Gasteiger partial charge in [0.25, 0.3) is 0 Å². The van der Waals surface area contributed by atoms with Gasteiger partial charge in [-0.25, -0.2) is 0 Å². The molecule has 0 unspecified atom stereocenters. The van der Waals surface area contributed by atoms with Crippen molar-refractivity contribution in [1.29, 1.82) is 0 Å². The van der Waals surface area contributed by atoms with Crippen molar-refractivity contribution in [3.05, 3.63) is 83.9 Å². The molecule has 1 nitrogen and oxygen atoms in total. The van der Waals surface area contributed by atoms with Crippen LogP contribution in [0.5, 0.6) is 0 Å². The molecule has 0 bridgehead atoms. The van der Waals surface area contributed by atoms with Crippen molar-refractivity contribution >= 4 is 10.8 Å². The van der Waals surface area contributed by atoms with E-state index in [0.717, 1.165) is 12.8 Å². The van der Waals surface area contributed by atoms with E-state index in [9.17, 15) is 0 Å². The van der Waals surface area contributed by atoms with Crippen LogP contribution in [0.15, 0.2) is 72.8 Å². The molecular weight excluding hydrogens is 266 g/mol. The van der Waals surface area contributed by atoms with Crippen LogP contribution < -0.4 is 5.73 Å². The van der Waals surface area contributed by atoms with Crippen LogP contribution in [0.1, 0.15) is 36.4 Å². The summed E-state index contributed by atoms with van der Waals surface area (Å²) in [6.07, 6.45) is 4.55. The fourth-order valence-corrected chi connectivity index (χ4v) is 3.07. The molecule has 0 saturated heterocycles. The molecule has 1 heteroatoms. The summed E-state index contributed by atoms with van der Waals surface area (Å²) < 4.78 is 0. The highest BCUT2D eigenvalue weighted by atomic mass is 14.6. The zero-order valence-corrected chi connectivity index (χ0v) is 12.9. The Labute approximate surface area is 132 Å². The molecule has 0 aliphatic heterocycles. The third-order valence-electron chi connectivity index (χ3n) is 4.30. The van der Waals surface area contributed by atoms with Gasteiger partial charge in [-0.2, -0.15) is 0 Å². The summed E-state index contributed by atoms with van der Waals surface area (Å²) >= 11 is 0. The minimum atomic E-state index is 0.127. The first kappa shape index (κ1) is 14.8. The molecule has 2 N–H and O–H groups in total. The molecule has 1 atom stereocenters. The molecule has 0 saturated carbocycles. The fraction of sp³-hybridized carbons (Fsp3) is 0.238. The van der Waals surface area contributed by atoms with Gasteiger partial charge in [0.15, 0.2) is 0 Å². The van der Waals surface area contributed by atoms with Gasteiger partial charge in [0.2, 0.25) is 0 Å². The quantitative estimate of drug-likeness (QED) is 0.616. The molecule has 0 radical (unpaired) electrons. The second-order valence-corrected chi connectivity index (χ2v) is 5.91. The lowest BCUT2D eigenvalue weighted by Crippen LogP contribution is -2.10. The van der Waals surface area contributed by atoms with Crippen molar-refractivity contribution in [1.82, 2.24) is 0 Å². The highest BCUT2D eigenvalue weighted by molar-refractivity contribution is 5.86. The van der Waals surface area contributed by atoms with E-state index in [4.69, 9.17) is 5.73 Å². The lowest BCUT2D eigenvalue weighted by Gasteiger charge is -2.14. The molecule has 0 aliphatic rings. The van der Waals surface area contributed by atoms with E-state index in [2.05, 4.69) is 72.8 Å². The smallest absolute Gasteiger partial charge is 0.0301 e. The molecule has 0 spiro atoms. The normalized spacial score (nSPS) is 12.4. The third kappa shape index (κ3) is 3.55. The van der Waals surface area contributed by atoms with Crippen molar-refractivity contribution in [2.45, 2.75) is 31.7 Å². The summed E-state index contributed by atoms with van der Waals surface area (Å²) in [4.78, 5) is 0. The SMILES string of the molecule is N[C@@H](CCCCc1ccccc1)c1cccc2ccccc12. The molecule has 112 valence electrons. The predicted molar refractivity (Wildman–Crippen MR) is 94.9 cm³/mol. The van der Waals surface area contributed by atoms with Gasteiger partial charge in [-0.3, -0.25) is 0 Å². The standard InChI is InChI=1S/C21H23N/c22-21(16-7-4-11-17-9-2-1-3-10-17)20-15-8-13-18-12-5-6-14-19(18)20/h1-3,5-6,8-10,12-15,21H,4,7,11,16,22H2/t21-/m0/s1. The number of hydrogen-bond donors (Lipinski definition) is 1. The van der Waals surface area contributed by atoms with E-state index < -0.39 is 0 Å². The first-order valence-electron chi connectivity index (χ1n) is 8.12. The van der Waals surface area contributed by atoms with Crippen LogP contribution in [-0.2, 0) is 6.42 Å². The van der Waals surface area contributed by atoms with E-state index in [1.54, 1.807) is 0 Å². The van der Waals surface area contributed by atoms with Crippen molar-refractivity contribution < 1.29 is 0 Å². The zero-order valence-electron chi connectivity index (χ0n) is 12.9. The van der Waals surface area contributed by atoms with E-state index in [0.29, 0.717) is 0 Å². The van der Waals surface area contributed by atoms with Gasteiger partial charge in [0.05, 0.1) is 0 Å². The Morgan fingerprint density at radius 3 is 2.32 bits per heavy atom. The Balaban J connectivity index is 1.58. The Morgan fingerprint density at radius 2 is 1.45 bits per heavy atom. The average molecular weight is 289 g/mol. The van der Waals surface area contributed by atoms with Crippen LogP contribution >= 0.6 is 0 Å². The van der Waals surface area contributed by atoms with Crippen molar-refractivity contribution in [2.75, 3.05) is 0 Å². The van der Waals surface area contributed by atoms with Crippen LogP contribution in [-0.4, -0.2) is 0 Å². The first-order chi connectivity index (χ1) is 10.8. The Morgan fingerprint density at radius 1 is 0.727 bits per heavy atom. The number of aryl methyl sites for hydroxylation is 1. The van der Waals surface area contributed by atoms with Crippen molar-refractivity contribution in [3.8, 4) is 0 Å². The van der Waals surface area contributed by atoms with Gasteiger partial charge >= 0.3 is 0 Å². The molecule has 3 aromatic carbocycles. The maximum Gasteiger partial charge on any atom is 0.0301 e. The summed E-state index contributed by atoms with van der Waals surface area (Å²) in [5.74, 6) is 0. The summed E-state index contributed by atoms with van der Waals surface area (Å²) in [6, 6.07) is 25.7.